The van der Waals surface area contributed by atoms with Crippen molar-refractivity contribution in [2.24, 2.45) is 0 Å². The topological polar surface area (TPSA) is 0 Å². The van der Waals surface area contributed by atoms with Crippen LogP contribution in [0.2, 0.25) is 0 Å². The average molecular weight is 236 g/mol. The standard InChI is InChI=1S/C13H16S2/c1-5-6-10-12(8(2)3)13-11(15-10)7-9(4)14-13/h5-8H,1-4H3/b6-5-. The summed E-state index contributed by atoms with van der Waals surface area (Å²) in [6.45, 7) is 8.84. The molecule has 2 aromatic rings. The summed E-state index contributed by atoms with van der Waals surface area (Å²) in [5, 5.41) is 0. The molecule has 0 aromatic carbocycles. The highest BCUT2D eigenvalue weighted by atomic mass is 32.1. The molecule has 0 radical (unpaired) electrons. The molecule has 0 N–H and O–H groups in total. The van der Waals surface area contributed by atoms with Crippen LogP contribution in [0, 0.1) is 6.92 Å². The van der Waals surface area contributed by atoms with Crippen molar-refractivity contribution >= 4 is 38.1 Å². The molecule has 0 bridgehead atoms. The van der Waals surface area contributed by atoms with Crippen LogP contribution < -0.4 is 0 Å². The van der Waals surface area contributed by atoms with Gasteiger partial charge in [0.15, 0.2) is 0 Å². The third-order valence-electron chi connectivity index (χ3n) is 2.45. The van der Waals surface area contributed by atoms with Gasteiger partial charge in [0.1, 0.15) is 0 Å². The van der Waals surface area contributed by atoms with Gasteiger partial charge in [0.05, 0.1) is 0 Å². The van der Waals surface area contributed by atoms with Gasteiger partial charge in [-0.3, -0.25) is 0 Å². The molecule has 2 heteroatoms. The maximum Gasteiger partial charge on any atom is 0.0494 e. The Hall–Kier alpha value is -0.600. The van der Waals surface area contributed by atoms with Gasteiger partial charge in [-0.25, -0.2) is 0 Å². The third kappa shape index (κ3) is 1.88. The Labute approximate surface area is 99.3 Å². The van der Waals surface area contributed by atoms with Gasteiger partial charge >= 0.3 is 0 Å². The Kier molecular flexibility index (Phi) is 2.98. The summed E-state index contributed by atoms with van der Waals surface area (Å²) in [6.07, 6.45) is 4.37. The maximum atomic E-state index is 2.31. The van der Waals surface area contributed by atoms with Crippen LogP contribution in [0.5, 0.6) is 0 Å². The molecule has 0 saturated heterocycles. The second-order valence-corrected chi connectivity index (χ2v) is 6.43. The fraction of sp³-hybridized carbons (Fsp3) is 0.385. The van der Waals surface area contributed by atoms with Gasteiger partial charge in [0.2, 0.25) is 0 Å². The molecule has 2 aromatic heterocycles. The van der Waals surface area contributed by atoms with Crippen molar-refractivity contribution in [3.05, 3.63) is 27.5 Å². The average Bonchev–Trinajstić information content (AvgIpc) is 2.59. The van der Waals surface area contributed by atoms with Gasteiger partial charge in [-0.05, 0) is 37.5 Å². The first kappa shape index (κ1) is 10.9. The van der Waals surface area contributed by atoms with Gasteiger partial charge in [-0.1, -0.05) is 19.9 Å². The molecule has 2 heterocycles. The van der Waals surface area contributed by atoms with E-state index in [0.29, 0.717) is 5.92 Å². The van der Waals surface area contributed by atoms with Crippen LogP contribution in [0.4, 0.5) is 0 Å². The SMILES string of the molecule is C/C=C\c1sc2cc(C)sc2c1C(C)C. The van der Waals surface area contributed by atoms with Crippen molar-refractivity contribution in [3.63, 3.8) is 0 Å². The molecule has 0 amide bonds. The van der Waals surface area contributed by atoms with E-state index in [1.165, 1.54) is 24.7 Å². The van der Waals surface area contributed by atoms with Crippen molar-refractivity contribution in [2.75, 3.05) is 0 Å². The van der Waals surface area contributed by atoms with Gasteiger partial charge in [0, 0.05) is 19.2 Å². The van der Waals surface area contributed by atoms with Gasteiger partial charge in [-0.15, -0.1) is 22.7 Å². The fourth-order valence-corrected chi connectivity index (χ4v) is 4.69. The molecule has 2 rings (SSSR count). The minimum Gasteiger partial charge on any atom is -0.139 e. The monoisotopic (exact) mass is 236 g/mol. The first-order valence-corrected chi connectivity index (χ1v) is 6.92. The zero-order valence-electron chi connectivity index (χ0n) is 9.63. The lowest BCUT2D eigenvalue weighted by atomic mass is 10.0. The lowest BCUT2D eigenvalue weighted by Crippen LogP contribution is -1.85. The summed E-state index contributed by atoms with van der Waals surface area (Å²) in [6, 6.07) is 2.31. The number of allylic oxidation sites excluding steroid dienone is 1. The minimum absolute atomic E-state index is 0.614. The van der Waals surface area contributed by atoms with Crippen molar-refractivity contribution in [3.8, 4) is 0 Å². The van der Waals surface area contributed by atoms with Crippen LogP contribution in [-0.2, 0) is 0 Å². The second kappa shape index (κ2) is 4.11. The fourth-order valence-electron chi connectivity index (χ4n) is 1.86. The van der Waals surface area contributed by atoms with Crippen LogP contribution in [0.3, 0.4) is 0 Å². The second-order valence-electron chi connectivity index (χ2n) is 4.09. The van der Waals surface area contributed by atoms with E-state index in [0.717, 1.165) is 0 Å². The Bertz CT molecular complexity index is 498. The van der Waals surface area contributed by atoms with Gasteiger partial charge in [-0.2, -0.15) is 0 Å². The van der Waals surface area contributed by atoms with Crippen LogP contribution in [0.1, 0.15) is 42.0 Å². The number of fused-ring (bicyclic) bond motifs is 1. The third-order valence-corrected chi connectivity index (χ3v) is 4.78. The summed E-state index contributed by atoms with van der Waals surface area (Å²) in [5.41, 5.74) is 1.53. The number of rotatable bonds is 2. The van der Waals surface area contributed by atoms with E-state index in [-0.39, 0.29) is 0 Å². The smallest absolute Gasteiger partial charge is 0.0494 e. The van der Waals surface area contributed by atoms with Gasteiger partial charge in [0.25, 0.3) is 0 Å². The normalized spacial score (nSPS) is 12.3. The van der Waals surface area contributed by atoms with Gasteiger partial charge < -0.3 is 0 Å². The minimum atomic E-state index is 0.614. The highest BCUT2D eigenvalue weighted by molar-refractivity contribution is 7.28. The Balaban J connectivity index is 2.71. The summed E-state index contributed by atoms with van der Waals surface area (Å²) in [4.78, 5) is 2.86. The van der Waals surface area contributed by atoms with E-state index in [1.54, 1.807) is 0 Å². The molecule has 0 unspecified atom stereocenters. The first-order valence-electron chi connectivity index (χ1n) is 5.29. The molecule has 80 valence electrons. The van der Waals surface area contributed by atoms with Crippen LogP contribution in [0.15, 0.2) is 12.1 Å². The largest absolute Gasteiger partial charge is 0.139 e. The molecule has 0 aliphatic carbocycles. The lowest BCUT2D eigenvalue weighted by molar-refractivity contribution is 0.880. The lowest BCUT2D eigenvalue weighted by Gasteiger charge is -2.03. The molecule has 0 aliphatic heterocycles. The molecular formula is C13H16S2. The number of aryl methyl sites for hydroxylation is 1. The Morgan fingerprint density at radius 2 is 2.00 bits per heavy atom. The van der Waals surface area contributed by atoms with E-state index < -0.39 is 0 Å². The van der Waals surface area contributed by atoms with E-state index in [1.807, 2.05) is 22.7 Å². The summed E-state index contributed by atoms with van der Waals surface area (Å²) in [5.74, 6) is 0.614. The maximum absolute atomic E-state index is 2.31. The van der Waals surface area contributed by atoms with E-state index in [4.69, 9.17) is 0 Å². The molecule has 0 nitrogen and oxygen atoms in total. The van der Waals surface area contributed by atoms with Crippen LogP contribution in [-0.4, -0.2) is 0 Å². The Morgan fingerprint density at radius 1 is 1.27 bits per heavy atom. The molecule has 0 atom stereocenters. The summed E-state index contributed by atoms with van der Waals surface area (Å²) >= 11 is 3.85. The zero-order valence-corrected chi connectivity index (χ0v) is 11.3. The predicted molar refractivity (Wildman–Crippen MR) is 73.2 cm³/mol. The molecule has 0 aliphatic rings. The first-order chi connectivity index (χ1) is 7.13. The van der Waals surface area contributed by atoms with E-state index in [9.17, 15) is 0 Å². The highest BCUT2D eigenvalue weighted by Gasteiger charge is 2.15. The molecule has 0 spiro atoms. The molecule has 0 saturated carbocycles. The van der Waals surface area contributed by atoms with Crippen molar-refractivity contribution < 1.29 is 0 Å². The summed E-state index contributed by atoms with van der Waals surface area (Å²) < 4.78 is 2.95. The van der Waals surface area contributed by atoms with E-state index in [2.05, 4.69) is 45.9 Å². The summed E-state index contributed by atoms with van der Waals surface area (Å²) in [7, 11) is 0. The van der Waals surface area contributed by atoms with E-state index >= 15 is 0 Å². The number of hydrogen-bond donors (Lipinski definition) is 0. The van der Waals surface area contributed by atoms with Crippen molar-refractivity contribution in [1.29, 1.82) is 0 Å². The van der Waals surface area contributed by atoms with Crippen molar-refractivity contribution in [1.82, 2.24) is 0 Å². The quantitative estimate of drug-likeness (QED) is 0.652. The molecule has 0 fully saturated rings. The molecule has 15 heavy (non-hydrogen) atoms. The van der Waals surface area contributed by atoms with Crippen molar-refractivity contribution in [2.45, 2.75) is 33.6 Å². The predicted octanol–water partition coefficient (Wildman–Crippen LogP) is 5.43. The Morgan fingerprint density at radius 3 is 2.60 bits per heavy atom. The number of thiophene rings is 2. The highest BCUT2D eigenvalue weighted by Crippen LogP contribution is 2.41. The number of hydrogen-bond acceptors (Lipinski definition) is 2. The van der Waals surface area contributed by atoms with Crippen LogP contribution in [0.25, 0.3) is 15.5 Å². The zero-order chi connectivity index (χ0) is 11.0. The molecular weight excluding hydrogens is 220 g/mol. The van der Waals surface area contributed by atoms with Crippen LogP contribution >= 0.6 is 22.7 Å².